The molecule has 0 bridgehead atoms. The van der Waals surface area contributed by atoms with Gasteiger partial charge in [0.2, 0.25) is 10.0 Å². The number of hydrogen-bond acceptors (Lipinski definition) is 6. The average molecular weight is 416 g/mol. The summed E-state index contributed by atoms with van der Waals surface area (Å²) < 4.78 is 30.9. The van der Waals surface area contributed by atoms with E-state index in [-0.39, 0.29) is 18.3 Å². The number of benzene rings is 1. The molecule has 26 heavy (non-hydrogen) atoms. The topological polar surface area (TPSA) is 88.6 Å². The fourth-order valence-corrected chi connectivity index (χ4v) is 4.79. The Hall–Kier alpha value is -1.68. The average Bonchev–Trinajstić information content (AvgIpc) is 3.02. The van der Waals surface area contributed by atoms with Crippen LogP contribution in [0.5, 0.6) is 5.75 Å². The number of rotatable bonds is 6. The third-order valence-electron chi connectivity index (χ3n) is 3.88. The summed E-state index contributed by atoms with van der Waals surface area (Å²) in [5.41, 5.74) is 0.839. The normalized spacial score (nSPS) is 14.7. The fraction of sp³-hybridized carbons (Fsp3) is 0.375. The summed E-state index contributed by atoms with van der Waals surface area (Å²) >= 11 is 7.09. The van der Waals surface area contributed by atoms with Crippen LogP contribution in [0.2, 0.25) is 5.02 Å². The lowest BCUT2D eigenvalue weighted by molar-refractivity contribution is -0.118. The van der Waals surface area contributed by atoms with E-state index in [0.29, 0.717) is 35.4 Å². The van der Waals surface area contributed by atoms with Crippen LogP contribution in [-0.2, 0) is 27.8 Å². The minimum Gasteiger partial charge on any atom is -0.484 e. The minimum absolute atomic E-state index is 0.0762. The molecule has 1 amide bonds. The number of fused-ring (bicyclic) bond motifs is 1. The van der Waals surface area contributed by atoms with Gasteiger partial charge >= 0.3 is 0 Å². The number of nitrogens with one attached hydrogen (secondary N) is 1. The first-order chi connectivity index (χ1) is 12.4. The lowest BCUT2D eigenvalue weighted by Crippen LogP contribution is -2.36. The van der Waals surface area contributed by atoms with E-state index >= 15 is 0 Å². The van der Waals surface area contributed by atoms with Crippen LogP contribution in [0, 0.1) is 0 Å². The van der Waals surface area contributed by atoms with Crippen LogP contribution in [-0.4, -0.2) is 42.5 Å². The Morgan fingerprint density at radius 3 is 2.81 bits per heavy atom. The number of thiazole rings is 1. The van der Waals surface area contributed by atoms with Gasteiger partial charge in [-0.2, -0.15) is 4.31 Å². The molecule has 0 aliphatic carbocycles. The van der Waals surface area contributed by atoms with E-state index in [2.05, 4.69) is 10.3 Å². The molecule has 10 heteroatoms. The maximum Gasteiger partial charge on any atom is 0.264 e. The second-order valence-electron chi connectivity index (χ2n) is 5.66. The number of anilines is 1. The van der Waals surface area contributed by atoms with Crippen molar-refractivity contribution in [1.29, 1.82) is 0 Å². The number of amides is 1. The Labute approximate surface area is 161 Å². The van der Waals surface area contributed by atoms with Gasteiger partial charge < -0.3 is 4.74 Å². The first-order valence-corrected chi connectivity index (χ1v) is 10.8. The summed E-state index contributed by atoms with van der Waals surface area (Å²) in [5.74, 6) is 0.291. The number of carbonyl (C=O) groups is 1. The molecular weight excluding hydrogens is 398 g/mol. The second-order valence-corrected chi connectivity index (χ2v) is 9.44. The second kappa shape index (κ2) is 7.91. The van der Waals surface area contributed by atoms with Crippen LogP contribution in [0.25, 0.3) is 0 Å². The van der Waals surface area contributed by atoms with Gasteiger partial charge in [0.15, 0.2) is 11.7 Å². The van der Waals surface area contributed by atoms with Crippen LogP contribution in [0.4, 0.5) is 5.13 Å². The van der Waals surface area contributed by atoms with Crippen molar-refractivity contribution in [3.63, 3.8) is 0 Å². The molecule has 0 saturated heterocycles. The highest BCUT2D eigenvalue weighted by Gasteiger charge is 2.28. The lowest BCUT2D eigenvalue weighted by Gasteiger charge is -2.24. The Bertz CT molecular complexity index is 897. The zero-order valence-corrected chi connectivity index (χ0v) is 16.5. The molecule has 0 atom stereocenters. The molecule has 2 heterocycles. The quantitative estimate of drug-likeness (QED) is 0.783. The van der Waals surface area contributed by atoms with Crippen molar-refractivity contribution in [2.24, 2.45) is 0 Å². The van der Waals surface area contributed by atoms with Gasteiger partial charge in [-0.1, -0.05) is 11.6 Å². The number of carbonyl (C=O) groups excluding carboxylic acids is 1. The maximum absolute atomic E-state index is 12.0. The predicted octanol–water partition coefficient (Wildman–Crippen LogP) is 2.52. The van der Waals surface area contributed by atoms with Crippen molar-refractivity contribution in [2.75, 3.05) is 24.2 Å². The van der Waals surface area contributed by atoms with Crippen LogP contribution < -0.4 is 10.1 Å². The van der Waals surface area contributed by atoms with E-state index in [1.807, 2.05) is 0 Å². The molecule has 0 saturated carbocycles. The van der Waals surface area contributed by atoms with E-state index in [4.69, 9.17) is 16.3 Å². The molecule has 0 radical (unpaired) electrons. The molecule has 0 unspecified atom stereocenters. The Morgan fingerprint density at radius 2 is 2.12 bits per heavy atom. The Balaban J connectivity index is 1.58. The highest BCUT2D eigenvalue weighted by atomic mass is 35.5. The SMILES string of the molecule is CCS(=O)(=O)N1CCc2nc(NC(=O)COc3ccc(Cl)cc3)sc2C1. The Kier molecular flexibility index (Phi) is 5.81. The molecule has 0 fully saturated rings. The maximum atomic E-state index is 12.0. The highest BCUT2D eigenvalue weighted by Crippen LogP contribution is 2.29. The highest BCUT2D eigenvalue weighted by molar-refractivity contribution is 7.89. The number of sulfonamides is 1. The summed E-state index contributed by atoms with van der Waals surface area (Å²) in [6.07, 6.45) is 0.544. The lowest BCUT2D eigenvalue weighted by atomic mass is 10.2. The number of halogens is 1. The molecule has 1 N–H and O–H groups in total. The number of nitrogens with zero attached hydrogens (tertiary/aromatic N) is 2. The van der Waals surface area contributed by atoms with Gasteiger partial charge in [0, 0.05) is 29.4 Å². The van der Waals surface area contributed by atoms with Gasteiger partial charge in [-0.05, 0) is 31.2 Å². The summed E-state index contributed by atoms with van der Waals surface area (Å²) in [7, 11) is -3.22. The summed E-state index contributed by atoms with van der Waals surface area (Å²) in [4.78, 5) is 17.3. The fourth-order valence-electron chi connectivity index (χ4n) is 2.48. The standard InChI is InChI=1S/C16H18ClN3O4S2/c1-2-26(22,23)20-8-7-13-14(9-20)25-16(18-13)19-15(21)10-24-12-5-3-11(17)4-6-12/h3-6H,2,7-10H2,1H3,(H,18,19,21). The first kappa shape index (κ1) is 19.1. The summed E-state index contributed by atoms with van der Waals surface area (Å²) in [6, 6.07) is 6.72. The number of ether oxygens (including phenoxy) is 1. The molecule has 3 rings (SSSR count). The smallest absolute Gasteiger partial charge is 0.264 e. The molecule has 7 nitrogen and oxygen atoms in total. The zero-order chi connectivity index (χ0) is 18.7. The van der Waals surface area contributed by atoms with Crippen LogP contribution in [0.15, 0.2) is 24.3 Å². The molecule has 1 aliphatic heterocycles. The summed E-state index contributed by atoms with van der Waals surface area (Å²) in [6.45, 7) is 2.20. The third-order valence-corrected chi connectivity index (χ3v) is 6.96. The van der Waals surface area contributed by atoms with E-state index < -0.39 is 10.0 Å². The summed E-state index contributed by atoms with van der Waals surface area (Å²) in [5, 5.41) is 3.74. The van der Waals surface area contributed by atoms with Crippen molar-refractivity contribution in [2.45, 2.75) is 19.9 Å². The molecule has 140 valence electrons. The van der Waals surface area contributed by atoms with Crippen molar-refractivity contribution in [1.82, 2.24) is 9.29 Å². The van der Waals surface area contributed by atoms with Crippen LogP contribution >= 0.6 is 22.9 Å². The zero-order valence-electron chi connectivity index (χ0n) is 14.1. The Morgan fingerprint density at radius 1 is 1.38 bits per heavy atom. The van der Waals surface area contributed by atoms with Crippen molar-refractivity contribution < 1.29 is 17.9 Å². The molecule has 1 aromatic heterocycles. The minimum atomic E-state index is -3.22. The van der Waals surface area contributed by atoms with E-state index in [1.165, 1.54) is 15.6 Å². The van der Waals surface area contributed by atoms with E-state index in [1.54, 1.807) is 31.2 Å². The van der Waals surface area contributed by atoms with Gasteiger partial charge in [0.05, 0.1) is 11.4 Å². The van der Waals surface area contributed by atoms with Crippen LogP contribution in [0.3, 0.4) is 0 Å². The largest absolute Gasteiger partial charge is 0.484 e. The third kappa shape index (κ3) is 4.53. The predicted molar refractivity (Wildman–Crippen MR) is 101 cm³/mol. The monoisotopic (exact) mass is 415 g/mol. The van der Waals surface area contributed by atoms with E-state index in [9.17, 15) is 13.2 Å². The molecule has 0 spiro atoms. The van der Waals surface area contributed by atoms with Gasteiger partial charge in [-0.3, -0.25) is 10.1 Å². The van der Waals surface area contributed by atoms with Crippen molar-refractivity contribution >= 4 is 44.0 Å². The van der Waals surface area contributed by atoms with E-state index in [0.717, 1.165) is 10.6 Å². The number of hydrogen-bond donors (Lipinski definition) is 1. The van der Waals surface area contributed by atoms with Gasteiger partial charge in [-0.15, -0.1) is 11.3 Å². The molecule has 1 aromatic carbocycles. The molecule has 2 aromatic rings. The first-order valence-electron chi connectivity index (χ1n) is 8.02. The van der Waals surface area contributed by atoms with Gasteiger partial charge in [0.1, 0.15) is 5.75 Å². The van der Waals surface area contributed by atoms with Crippen molar-refractivity contribution in [3.8, 4) is 5.75 Å². The molecular formula is C16H18ClN3O4S2. The number of aromatic nitrogens is 1. The van der Waals surface area contributed by atoms with Crippen LogP contribution in [0.1, 0.15) is 17.5 Å². The van der Waals surface area contributed by atoms with Gasteiger partial charge in [0.25, 0.3) is 5.91 Å². The van der Waals surface area contributed by atoms with Gasteiger partial charge in [-0.25, -0.2) is 13.4 Å². The van der Waals surface area contributed by atoms with Crippen molar-refractivity contribution in [3.05, 3.63) is 39.9 Å². The molecule has 1 aliphatic rings.